The minimum atomic E-state index is 0.470. The molecule has 0 amide bonds. The maximum absolute atomic E-state index is 6.21. The van der Waals surface area contributed by atoms with Gasteiger partial charge in [0, 0.05) is 16.6 Å². The van der Waals surface area contributed by atoms with Gasteiger partial charge in [0.1, 0.15) is 11.5 Å². The van der Waals surface area contributed by atoms with Gasteiger partial charge < -0.3 is 8.83 Å². The van der Waals surface area contributed by atoms with Crippen molar-refractivity contribution in [3.8, 4) is 11.5 Å². The van der Waals surface area contributed by atoms with Gasteiger partial charge in [0.25, 0.3) is 5.89 Å². The highest BCUT2D eigenvalue weighted by Gasteiger charge is 2.16. The van der Waals surface area contributed by atoms with Gasteiger partial charge in [-0.05, 0) is 44.7 Å². The summed E-state index contributed by atoms with van der Waals surface area (Å²) in [5.74, 6) is 2.59. The van der Waals surface area contributed by atoms with Gasteiger partial charge in [-0.1, -0.05) is 29.3 Å². The van der Waals surface area contributed by atoms with Crippen LogP contribution < -0.4 is 0 Å². The Morgan fingerprint density at radius 3 is 2.50 bits per heavy atom. The average molecular weight is 366 g/mol. The van der Waals surface area contributed by atoms with E-state index >= 15 is 0 Å². The van der Waals surface area contributed by atoms with Crippen LogP contribution in [0.1, 0.15) is 23.0 Å². The van der Waals surface area contributed by atoms with E-state index in [1.807, 2.05) is 44.0 Å². The van der Waals surface area contributed by atoms with Crippen LogP contribution >= 0.6 is 23.2 Å². The lowest BCUT2D eigenvalue weighted by molar-refractivity contribution is 0.283. The molecule has 7 heteroatoms. The van der Waals surface area contributed by atoms with Crippen molar-refractivity contribution < 1.29 is 8.83 Å². The number of hydrogen-bond acceptors (Lipinski definition) is 5. The minimum Gasteiger partial charge on any atom is -0.466 e. The van der Waals surface area contributed by atoms with Gasteiger partial charge in [-0.15, -0.1) is 10.2 Å². The first-order valence-electron chi connectivity index (χ1n) is 7.44. The molecular weight excluding hydrogens is 349 g/mol. The third-order valence-electron chi connectivity index (χ3n) is 3.60. The lowest BCUT2D eigenvalue weighted by Crippen LogP contribution is -2.17. The van der Waals surface area contributed by atoms with Crippen LogP contribution in [0.2, 0.25) is 10.0 Å². The van der Waals surface area contributed by atoms with E-state index in [-0.39, 0.29) is 0 Å². The second-order valence-corrected chi connectivity index (χ2v) is 6.58. The minimum absolute atomic E-state index is 0.470. The zero-order valence-electron chi connectivity index (χ0n) is 13.6. The number of aromatic nitrogens is 2. The van der Waals surface area contributed by atoms with Crippen LogP contribution in [0.25, 0.3) is 11.5 Å². The molecule has 1 aromatic carbocycles. The summed E-state index contributed by atoms with van der Waals surface area (Å²) in [5.41, 5.74) is 1.82. The van der Waals surface area contributed by atoms with E-state index in [2.05, 4.69) is 10.2 Å². The van der Waals surface area contributed by atoms with Crippen LogP contribution in [0, 0.1) is 13.8 Å². The maximum atomic E-state index is 6.21. The highest BCUT2D eigenvalue weighted by atomic mass is 35.5. The molecule has 0 aliphatic heterocycles. The fourth-order valence-corrected chi connectivity index (χ4v) is 2.97. The van der Waals surface area contributed by atoms with Crippen LogP contribution in [-0.4, -0.2) is 22.1 Å². The highest BCUT2D eigenvalue weighted by molar-refractivity contribution is 6.35. The van der Waals surface area contributed by atoms with E-state index in [1.54, 1.807) is 6.07 Å². The number of nitrogens with zero attached hydrogens (tertiary/aromatic N) is 3. The number of benzene rings is 1. The Labute approximate surface area is 150 Å². The summed E-state index contributed by atoms with van der Waals surface area (Å²) in [4.78, 5) is 2.04. The molecule has 0 saturated heterocycles. The molecule has 0 aliphatic carbocycles. The molecule has 0 bridgehead atoms. The molecule has 0 radical (unpaired) electrons. The van der Waals surface area contributed by atoms with Gasteiger partial charge in [-0.25, -0.2) is 0 Å². The Morgan fingerprint density at radius 2 is 1.83 bits per heavy atom. The van der Waals surface area contributed by atoms with E-state index in [4.69, 9.17) is 32.0 Å². The Kier molecular flexibility index (Phi) is 4.94. The zero-order chi connectivity index (χ0) is 17.3. The number of rotatable bonds is 5. The predicted molar refractivity (Wildman–Crippen MR) is 93.1 cm³/mol. The summed E-state index contributed by atoms with van der Waals surface area (Å²) in [6.45, 7) is 4.93. The number of halogens is 2. The van der Waals surface area contributed by atoms with Gasteiger partial charge in [0.2, 0.25) is 5.89 Å². The first-order chi connectivity index (χ1) is 11.4. The summed E-state index contributed by atoms with van der Waals surface area (Å²) in [6, 6.07) is 7.37. The molecule has 24 heavy (non-hydrogen) atoms. The first kappa shape index (κ1) is 17.0. The molecular formula is C17H17Cl2N3O2. The molecule has 0 aliphatic rings. The number of furan rings is 1. The van der Waals surface area contributed by atoms with Crippen molar-refractivity contribution in [1.29, 1.82) is 0 Å². The smallest absolute Gasteiger partial charge is 0.251 e. The average Bonchev–Trinajstić information content (AvgIpc) is 3.08. The normalized spacial score (nSPS) is 11.4. The monoisotopic (exact) mass is 365 g/mol. The summed E-state index contributed by atoms with van der Waals surface area (Å²) in [5, 5.41) is 9.48. The van der Waals surface area contributed by atoms with E-state index in [0.717, 1.165) is 22.6 Å². The van der Waals surface area contributed by atoms with Gasteiger partial charge in [0.05, 0.1) is 12.1 Å². The molecule has 126 valence electrons. The zero-order valence-corrected chi connectivity index (χ0v) is 15.1. The Balaban J connectivity index is 1.69. The molecule has 0 unspecified atom stereocenters. The van der Waals surface area contributed by atoms with Gasteiger partial charge in [-0.3, -0.25) is 4.90 Å². The molecule has 3 rings (SSSR count). The lowest BCUT2D eigenvalue weighted by Gasteiger charge is -2.15. The Bertz CT molecular complexity index is 857. The summed E-state index contributed by atoms with van der Waals surface area (Å²) in [6.07, 6.45) is 0. The van der Waals surface area contributed by atoms with Crippen molar-refractivity contribution >= 4 is 23.2 Å². The maximum Gasteiger partial charge on any atom is 0.251 e. The topological polar surface area (TPSA) is 55.3 Å². The third kappa shape index (κ3) is 3.80. The number of hydrogen-bond donors (Lipinski definition) is 0. The fourth-order valence-electron chi connectivity index (χ4n) is 2.50. The van der Waals surface area contributed by atoms with Crippen molar-refractivity contribution in [2.45, 2.75) is 26.9 Å². The van der Waals surface area contributed by atoms with E-state index < -0.39 is 0 Å². The van der Waals surface area contributed by atoms with Crippen molar-refractivity contribution in [2.24, 2.45) is 0 Å². The highest BCUT2D eigenvalue weighted by Crippen LogP contribution is 2.26. The molecule has 0 N–H and O–H groups in total. The summed E-state index contributed by atoms with van der Waals surface area (Å²) in [7, 11) is 1.96. The van der Waals surface area contributed by atoms with E-state index in [0.29, 0.717) is 34.9 Å². The molecule has 0 spiro atoms. The van der Waals surface area contributed by atoms with Crippen molar-refractivity contribution in [3.63, 3.8) is 0 Å². The SMILES string of the molecule is Cc1cc(-c2nnc(CN(C)Cc3ccc(Cl)cc3Cl)o2)c(C)o1. The Hall–Kier alpha value is -1.82. The molecule has 0 fully saturated rings. The first-order valence-corrected chi connectivity index (χ1v) is 8.20. The van der Waals surface area contributed by atoms with Crippen LogP contribution in [-0.2, 0) is 13.1 Å². The van der Waals surface area contributed by atoms with E-state index in [9.17, 15) is 0 Å². The van der Waals surface area contributed by atoms with Gasteiger partial charge in [0.15, 0.2) is 0 Å². The standard InChI is InChI=1S/C17H17Cl2N3O2/c1-10-6-14(11(2)23-10)17-21-20-16(24-17)9-22(3)8-12-4-5-13(18)7-15(12)19/h4-7H,8-9H2,1-3H3. The lowest BCUT2D eigenvalue weighted by atomic mass is 10.2. The molecule has 0 saturated carbocycles. The largest absolute Gasteiger partial charge is 0.466 e. The number of aryl methyl sites for hydroxylation is 2. The second kappa shape index (κ2) is 6.97. The quantitative estimate of drug-likeness (QED) is 0.644. The summed E-state index contributed by atoms with van der Waals surface area (Å²) >= 11 is 12.1. The van der Waals surface area contributed by atoms with Crippen molar-refractivity contribution in [2.75, 3.05) is 7.05 Å². The Morgan fingerprint density at radius 1 is 1.04 bits per heavy atom. The molecule has 5 nitrogen and oxygen atoms in total. The van der Waals surface area contributed by atoms with Crippen LogP contribution in [0.3, 0.4) is 0 Å². The molecule has 3 aromatic rings. The van der Waals surface area contributed by atoms with Gasteiger partial charge >= 0.3 is 0 Å². The van der Waals surface area contributed by atoms with Crippen LogP contribution in [0.15, 0.2) is 33.1 Å². The second-order valence-electron chi connectivity index (χ2n) is 5.74. The van der Waals surface area contributed by atoms with Crippen LogP contribution in [0.4, 0.5) is 0 Å². The fraction of sp³-hybridized carbons (Fsp3) is 0.294. The van der Waals surface area contributed by atoms with E-state index in [1.165, 1.54) is 0 Å². The molecule has 2 aromatic heterocycles. The van der Waals surface area contributed by atoms with Crippen LogP contribution in [0.5, 0.6) is 0 Å². The molecule has 2 heterocycles. The summed E-state index contributed by atoms with van der Waals surface area (Å²) < 4.78 is 11.2. The van der Waals surface area contributed by atoms with Crippen molar-refractivity contribution in [3.05, 3.63) is 57.3 Å². The van der Waals surface area contributed by atoms with Gasteiger partial charge in [-0.2, -0.15) is 0 Å². The molecule has 0 atom stereocenters. The predicted octanol–water partition coefficient (Wildman–Crippen LogP) is 4.89. The van der Waals surface area contributed by atoms with Crippen molar-refractivity contribution in [1.82, 2.24) is 15.1 Å². The third-order valence-corrected chi connectivity index (χ3v) is 4.19.